The van der Waals surface area contributed by atoms with Crippen molar-refractivity contribution in [2.45, 2.75) is 24.6 Å². The van der Waals surface area contributed by atoms with Gasteiger partial charge in [0.25, 0.3) is 0 Å². The SMILES string of the molecule is CCOC(=S)CCC(Cl)Cl. The van der Waals surface area contributed by atoms with E-state index in [-0.39, 0.29) is 4.84 Å². The molecule has 0 radical (unpaired) electrons. The molecule has 10 heavy (non-hydrogen) atoms. The maximum atomic E-state index is 5.47. The van der Waals surface area contributed by atoms with E-state index in [1.807, 2.05) is 6.92 Å². The number of thiocarbonyl (C=S) groups is 1. The van der Waals surface area contributed by atoms with E-state index in [9.17, 15) is 0 Å². The fourth-order valence-electron chi connectivity index (χ4n) is 0.460. The summed E-state index contributed by atoms with van der Waals surface area (Å²) in [5.41, 5.74) is 0. The highest BCUT2D eigenvalue weighted by Gasteiger charge is 2.01. The highest BCUT2D eigenvalue weighted by atomic mass is 35.5. The van der Waals surface area contributed by atoms with Crippen molar-refractivity contribution in [3.05, 3.63) is 0 Å². The van der Waals surface area contributed by atoms with Gasteiger partial charge in [-0.1, -0.05) is 0 Å². The predicted molar refractivity (Wildman–Crippen MR) is 49.0 cm³/mol. The second-order valence-corrected chi connectivity index (χ2v) is 3.47. The Hall–Kier alpha value is 0.470. The molecule has 0 aromatic carbocycles. The second kappa shape index (κ2) is 6.20. The molecule has 0 N–H and O–H groups in total. The van der Waals surface area contributed by atoms with Crippen LogP contribution in [-0.2, 0) is 4.74 Å². The molecule has 4 heteroatoms. The van der Waals surface area contributed by atoms with Crippen LogP contribution in [0, 0.1) is 0 Å². The summed E-state index contributed by atoms with van der Waals surface area (Å²) in [6.45, 7) is 2.51. The van der Waals surface area contributed by atoms with E-state index in [0.29, 0.717) is 24.5 Å². The summed E-state index contributed by atoms with van der Waals surface area (Å²) in [7, 11) is 0. The van der Waals surface area contributed by atoms with Crippen LogP contribution in [0.25, 0.3) is 0 Å². The van der Waals surface area contributed by atoms with Gasteiger partial charge in [0, 0.05) is 6.42 Å². The minimum Gasteiger partial charge on any atom is -0.487 e. The number of hydrogen-bond acceptors (Lipinski definition) is 2. The van der Waals surface area contributed by atoms with Crippen LogP contribution >= 0.6 is 35.4 Å². The lowest BCUT2D eigenvalue weighted by atomic mass is 10.3. The van der Waals surface area contributed by atoms with Crippen LogP contribution in [-0.4, -0.2) is 16.5 Å². The fourth-order valence-corrected chi connectivity index (χ4v) is 0.914. The van der Waals surface area contributed by atoms with E-state index in [2.05, 4.69) is 0 Å². The molecule has 0 saturated heterocycles. The summed E-state index contributed by atoms with van der Waals surface area (Å²) >= 11 is 15.8. The number of halogens is 2. The van der Waals surface area contributed by atoms with Gasteiger partial charge in [-0.25, -0.2) is 0 Å². The third kappa shape index (κ3) is 6.59. The van der Waals surface area contributed by atoms with Crippen LogP contribution in [0.2, 0.25) is 0 Å². The quantitative estimate of drug-likeness (QED) is 0.510. The molecule has 0 aliphatic rings. The smallest absolute Gasteiger partial charge is 0.159 e. The standard InChI is InChI=1S/C6H10Cl2OS/c1-2-9-6(10)4-3-5(7)8/h5H,2-4H2,1H3. The van der Waals surface area contributed by atoms with Gasteiger partial charge in [-0.2, -0.15) is 0 Å². The first-order chi connectivity index (χ1) is 4.66. The van der Waals surface area contributed by atoms with Gasteiger partial charge in [-0.15, -0.1) is 23.2 Å². The van der Waals surface area contributed by atoms with Crippen LogP contribution in [0.1, 0.15) is 19.8 Å². The van der Waals surface area contributed by atoms with E-state index in [1.165, 1.54) is 0 Å². The third-order valence-electron chi connectivity index (χ3n) is 0.872. The first kappa shape index (κ1) is 10.5. The molecule has 0 fully saturated rings. The van der Waals surface area contributed by atoms with Gasteiger partial charge in [0.05, 0.1) is 6.61 Å². The largest absolute Gasteiger partial charge is 0.487 e. The maximum absolute atomic E-state index is 5.47. The summed E-state index contributed by atoms with van der Waals surface area (Å²) < 4.78 is 5.01. The lowest BCUT2D eigenvalue weighted by Crippen LogP contribution is -2.02. The highest BCUT2D eigenvalue weighted by molar-refractivity contribution is 7.80. The molecule has 0 aromatic heterocycles. The molecule has 0 heterocycles. The van der Waals surface area contributed by atoms with Gasteiger partial charge in [0.1, 0.15) is 4.84 Å². The molecule has 0 spiro atoms. The normalized spacial score (nSPS) is 10.0. The Morgan fingerprint density at radius 2 is 2.20 bits per heavy atom. The van der Waals surface area contributed by atoms with E-state index < -0.39 is 0 Å². The Kier molecular flexibility index (Phi) is 6.49. The molecule has 60 valence electrons. The topological polar surface area (TPSA) is 9.23 Å². The molecule has 0 saturated carbocycles. The second-order valence-electron chi connectivity index (χ2n) is 1.73. The molecule has 0 aromatic rings. The molecule has 0 amide bonds. The number of ether oxygens (including phenoxy) is 1. The van der Waals surface area contributed by atoms with Gasteiger partial charge < -0.3 is 4.74 Å². The van der Waals surface area contributed by atoms with Gasteiger partial charge in [-0.3, -0.25) is 0 Å². The molecular weight excluding hydrogens is 191 g/mol. The Morgan fingerprint density at radius 1 is 1.60 bits per heavy atom. The fraction of sp³-hybridized carbons (Fsp3) is 0.833. The molecule has 0 rings (SSSR count). The van der Waals surface area contributed by atoms with Crippen molar-refractivity contribution in [1.29, 1.82) is 0 Å². The van der Waals surface area contributed by atoms with Gasteiger partial charge in [0.2, 0.25) is 0 Å². The zero-order valence-electron chi connectivity index (χ0n) is 5.77. The average molecular weight is 201 g/mol. The summed E-state index contributed by atoms with van der Waals surface area (Å²) in [6, 6.07) is 0. The number of rotatable bonds is 4. The molecule has 0 unspecified atom stereocenters. The Bertz CT molecular complexity index is 106. The van der Waals surface area contributed by atoms with Crippen molar-refractivity contribution >= 4 is 40.5 Å². The summed E-state index contributed by atoms with van der Waals surface area (Å²) in [6.07, 6.45) is 1.34. The number of alkyl halides is 2. The lowest BCUT2D eigenvalue weighted by molar-refractivity contribution is 0.326. The van der Waals surface area contributed by atoms with E-state index in [0.717, 1.165) is 0 Å². The Labute approximate surface area is 76.6 Å². The minimum absolute atomic E-state index is 0.335. The first-order valence-corrected chi connectivity index (χ1v) is 4.38. The van der Waals surface area contributed by atoms with Crippen LogP contribution in [0.4, 0.5) is 0 Å². The van der Waals surface area contributed by atoms with Crippen molar-refractivity contribution in [3.63, 3.8) is 0 Å². The summed E-state index contributed by atoms with van der Waals surface area (Å²) in [4.78, 5) is -0.335. The molecule has 0 bridgehead atoms. The van der Waals surface area contributed by atoms with Crippen molar-refractivity contribution in [1.82, 2.24) is 0 Å². The van der Waals surface area contributed by atoms with Gasteiger partial charge >= 0.3 is 0 Å². The third-order valence-corrected chi connectivity index (χ3v) is 1.63. The van der Waals surface area contributed by atoms with Crippen LogP contribution in [0.5, 0.6) is 0 Å². The Morgan fingerprint density at radius 3 is 2.60 bits per heavy atom. The first-order valence-electron chi connectivity index (χ1n) is 3.10. The van der Waals surface area contributed by atoms with Crippen molar-refractivity contribution in [2.75, 3.05) is 6.61 Å². The zero-order chi connectivity index (χ0) is 7.98. The van der Waals surface area contributed by atoms with Crippen LogP contribution in [0.3, 0.4) is 0 Å². The van der Waals surface area contributed by atoms with Crippen molar-refractivity contribution in [2.24, 2.45) is 0 Å². The van der Waals surface area contributed by atoms with Crippen LogP contribution < -0.4 is 0 Å². The average Bonchev–Trinajstić information content (AvgIpc) is 1.85. The van der Waals surface area contributed by atoms with Crippen molar-refractivity contribution in [3.8, 4) is 0 Å². The monoisotopic (exact) mass is 200 g/mol. The van der Waals surface area contributed by atoms with E-state index in [1.54, 1.807) is 0 Å². The zero-order valence-corrected chi connectivity index (χ0v) is 8.10. The Balaban J connectivity index is 3.22. The van der Waals surface area contributed by atoms with Crippen molar-refractivity contribution < 1.29 is 4.74 Å². The highest BCUT2D eigenvalue weighted by Crippen LogP contribution is 2.10. The lowest BCUT2D eigenvalue weighted by Gasteiger charge is -2.03. The summed E-state index contributed by atoms with van der Waals surface area (Å²) in [5.74, 6) is 0. The minimum atomic E-state index is -0.335. The van der Waals surface area contributed by atoms with Gasteiger partial charge in [0.15, 0.2) is 5.05 Å². The molecule has 0 aliphatic carbocycles. The van der Waals surface area contributed by atoms with Gasteiger partial charge in [-0.05, 0) is 25.6 Å². The van der Waals surface area contributed by atoms with E-state index in [4.69, 9.17) is 40.2 Å². The predicted octanol–water partition coefficient (Wildman–Crippen LogP) is 2.93. The van der Waals surface area contributed by atoms with E-state index >= 15 is 0 Å². The summed E-state index contributed by atoms with van der Waals surface area (Å²) in [5, 5.41) is 0.591. The molecule has 0 atom stereocenters. The molecule has 0 aliphatic heterocycles. The molecule has 1 nitrogen and oxygen atoms in total. The van der Waals surface area contributed by atoms with Crippen LogP contribution in [0.15, 0.2) is 0 Å². The number of hydrogen-bond donors (Lipinski definition) is 0. The maximum Gasteiger partial charge on any atom is 0.159 e. The molecular formula is C6H10Cl2OS.